The van der Waals surface area contributed by atoms with Gasteiger partial charge in [0.15, 0.2) is 0 Å². The van der Waals surface area contributed by atoms with Crippen LogP contribution in [0.5, 0.6) is 0 Å². The van der Waals surface area contributed by atoms with Crippen LogP contribution in [0.3, 0.4) is 0 Å². The van der Waals surface area contributed by atoms with Crippen LogP contribution in [0.25, 0.3) is 0 Å². The van der Waals surface area contributed by atoms with Crippen LogP contribution < -0.4 is 5.73 Å². The molecule has 2 N–H and O–H groups in total. The van der Waals surface area contributed by atoms with Gasteiger partial charge in [-0.1, -0.05) is 5.21 Å². The van der Waals surface area contributed by atoms with Crippen LogP contribution in [0.15, 0.2) is 21.4 Å². The number of hydrogen-bond acceptors (Lipinski definition) is 4. The molecular weight excluding hydrogens is 288 g/mol. The summed E-state index contributed by atoms with van der Waals surface area (Å²) < 4.78 is 3.01. The summed E-state index contributed by atoms with van der Waals surface area (Å²) in [5.41, 5.74) is 7.71. The average molecular weight is 301 g/mol. The Labute approximate surface area is 107 Å². The van der Waals surface area contributed by atoms with Gasteiger partial charge in [0.1, 0.15) is 0 Å². The predicted octanol–water partition coefficient (Wildman–Crippen LogP) is 2.04. The lowest BCUT2D eigenvalue weighted by molar-refractivity contribution is 0.650. The van der Waals surface area contributed by atoms with Gasteiger partial charge >= 0.3 is 0 Å². The van der Waals surface area contributed by atoms with Crippen molar-refractivity contribution in [1.82, 2.24) is 15.0 Å². The van der Waals surface area contributed by atoms with Gasteiger partial charge in [-0.3, -0.25) is 0 Å². The van der Waals surface area contributed by atoms with Gasteiger partial charge in [0, 0.05) is 6.20 Å². The van der Waals surface area contributed by atoms with E-state index in [0.29, 0.717) is 6.54 Å². The Morgan fingerprint density at radius 2 is 2.38 bits per heavy atom. The van der Waals surface area contributed by atoms with Crippen molar-refractivity contribution in [3.8, 4) is 0 Å². The second kappa shape index (κ2) is 5.56. The molecule has 2 aromatic heterocycles. The Balaban J connectivity index is 1.97. The van der Waals surface area contributed by atoms with Crippen molar-refractivity contribution in [2.75, 3.05) is 6.54 Å². The van der Waals surface area contributed by atoms with Crippen LogP contribution in [0.1, 0.15) is 17.7 Å². The number of nitrogens with zero attached hydrogens (tertiary/aromatic N) is 3. The molecule has 0 radical (unpaired) electrons. The molecule has 0 atom stereocenters. The topological polar surface area (TPSA) is 56.7 Å². The van der Waals surface area contributed by atoms with Crippen LogP contribution in [0.4, 0.5) is 0 Å². The molecule has 0 saturated carbocycles. The zero-order valence-electron chi connectivity index (χ0n) is 8.77. The Kier molecular flexibility index (Phi) is 4.09. The number of hydrogen-bond donors (Lipinski definition) is 1. The highest BCUT2D eigenvalue weighted by Crippen LogP contribution is 2.21. The minimum Gasteiger partial charge on any atom is -0.330 e. The molecule has 6 heteroatoms. The molecule has 2 rings (SSSR count). The highest BCUT2D eigenvalue weighted by atomic mass is 79.9. The Bertz CT molecular complexity index is 451. The summed E-state index contributed by atoms with van der Waals surface area (Å²) in [7, 11) is 0. The first-order valence-corrected chi connectivity index (χ1v) is 6.77. The maximum Gasteiger partial charge on any atom is 0.0827 e. The van der Waals surface area contributed by atoms with Crippen molar-refractivity contribution < 1.29 is 0 Å². The second-order valence-corrected chi connectivity index (χ2v) is 5.85. The number of rotatable bonds is 5. The summed E-state index contributed by atoms with van der Waals surface area (Å²) in [4.78, 5) is 0. The SMILES string of the molecule is NCCCc1cn(Cc2csc(Br)c2)nn1. The lowest BCUT2D eigenvalue weighted by atomic mass is 10.2. The molecule has 2 aromatic rings. The first-order chi connectivity index (χ1) is 7.78. The number of halogens is 1. The molecule has 0 fully saturated rings. The van der Waals surface area contributed by atoms with Gasteiger partial charge in [-0.2, -0.15) is 0 Å². The monoisotopic (exact) mass is 300 g/mol. The molecule has 0 unspecified atom stereocenters. The normalized spacial score (nSPS) is 10.9. The standard InChI is InChI=1S/C10H13BrN4S/c11-10-4-8(7-16-10)5-15-6-9(13-14-15)2-1-3-12/h4,6-7H,1-3,5,12H2. The van der Waals surface area contributed by atoms with Gasteiger partial charge in [0.25, 0.3) is 0 Å². The Morgan fingerprint density at radius 3 is 3.06 bits per heavy atom. The van der Waals surface area contributed by atoms with Crippen molar-refractivity contribution in [2.45, 2.75) is 19.4 Å². The van der Waals surface area contributed by atoms with Crippen molar-refractivity contribution >= 4 is 27.3 Å². The highest BCUT2D eigenvalue weighted by molar-refractivity contribution is 9.11. The molecule has 2 heterocycles. The molecule has 0 spiro atoms. The molecule has 0 aromatic carbocycles. The minimum absolute atomic E-state index is 0.699. The molecule has 4 nitrogen and oxygen atoms in total. The molecule has 0 saturated heterocycles. The second-order valence-electron chi connectivity index (χ2n) is 3.56. The summed E-state index contributed by atoms with van der Waals surface area (Å²) in [6.45, 7) is 1.47. The molecule has 0 bridgehead atoms. The molecule has 0 aliphatic carbocycles. The molecular formula is C10H13BrN4S. The van der Waals surface area contributed by atoms with E-state index in [9.17, 15) is 0 Å². The van der Waals surface area contributed by atoms with Gasteiger partial charge in [-0.05, 0) is 52.3 Å². The average Bonchev–Trinajstić information content (AvgIpc) is 2.86. The number of aromatic nitrogens is 3. The quantitative estimate of drug-likeness (QED) is 0.919. The summed E-state index contributed by atoms with van der Waals surface area (Å²) >= 11 is 5.13. The lowest BCUT2D eigenvalue weighted by Crippen LogP contribution is -2.00. The summed E-state index contributed by atoms with van der Waals surface area (Å²) in [5.74, 6) is 0. The molecule has 0 aliphatic heterocycles. The smallest absolute Gasteiger partial charge is 0.0827 e. The van der Waals surface area contributed by atoms with Crippen LogP contribution in [-0.4, -0.2) is 21.5 Å². The fourth-order valence-corrected chi connectivity index (χ4v) is 2.63. The fourth-order valence-electron chi connectivity index (χ4n) is 1.43. The van der Waals surface area contributed by atoms with E-state index < -0.39 is 0 Å². The predicted molar refractivity (Wildman–Crippen MR) is 68.5 cm³/mol. The van der Waals surface area contributed by atoms with E-state index in [1.165, 1.54) is 5.56 Å². The summed E-state index contributed by atoms with van der Waals surface area (Å²) in [6.07, 6.45) is 3.85. The van der Waals surface area contributed by atoms with E-state index in [4.69, 9.17) is 5.73 Å². The molecule has 86 valence electrons. The zero-order valence-corrected chi connectivity index (χ0v) is 11.2. The first kappa shape index (κ1) is 11.8. The molecule has 0 amide bonds. The van der Waals surface area contributed by atoms with Crippen molar-refractivity contribution in [2.24, 2.45) is 5.73 Å². The number of nitrogens with two attached hydrogens (primary N) is 1. The first-order valence-electron chi connectivity index (χ1n) is 5.10. The van der Waals surface area contributed by atoms with Gasteiger partial charge in [0.2, 0.25) is 0 Å². The Hall–Kier alpha value is -0.720. The van der Waals surface area contributed by atoms with Crippen molar-refractivity contribution in [3.05, 3.63) is 32.7 Å². The van der Waals surface area contributed by atoms with Gasteiger partial charge in [-0.15, -0.1) is 16.4 Å². The minimum atomic E-state index is 0.699. The van der Waals surface area contributed by atoms with Gasteiger partial charge in [-0.25, -0.2) is 4.68 Å². The summed E-state index contributed by atoms with van der Waals surface area (Å²) in [5, 5.41) is 10.3. The third-order valence-electron chi connectivity index (χ3n) is 2.19. The highest BCUT2D eigenvalue weighted by Gasteiger charge is 2.02. The van der Waals surface area contributed by atoms with Gasteiger partial charge < -0.3 is 5.73 Å². The fraction of sp³-hybridized carbons (Fsp3) is 0.400. The van der Waals surface area contributed by atoms with Gasteiger partial charge in [0.05, 0.1) is 16.0 Å². The van der Waals surface area contributed by atoms with Crippen molar-refractivity contribution in [3.63, 3.8) is 0 Å². The van der Waals surface area contributed by atoms with Crippen molar-refractivity contribution in [1.29, 1.82) is 0 Å². The van der Waals surface area contributed by atoms with Crippen LogP contribution in [-0.2, 0) is 13.0 Å². The van der Waals surface area contributed by atoms with Crippen LogP contribution in [0.2, 0.25) is 0 Å². The lowest BCUT2D eigenvalue weighted by Gasteiger charge is -1.95. The van der Waals surface area contributed by atoms with E-state index in [1.807, 2.05) is 10.9 Å². The molecule has 0 aliphatic rings. The number of aryl methyl sites for hydroxylation is 1. The van der Waals surface area contributed by atoms with Crippen LogP contribution in [0, 0.1) is 0 Å². The van der Waals surface area contributed by atoms with E-state index in [0.717, 1.165) is 28.9 Å². The Morgan fingerprint density at radius 1 is 1.50 bits per heavy atom. The van der Waals surface area contributed by atoms with Crippen LogP contribution >= 0.6 is 27.3 Å². The molecule has 16 heavy (non-hydrogen) atoms. The largest absolute Gasteiger partial charge is 0.330 e. The zero-order chi connectivity index (χ0) is 11.4. The summed E-state index contributed by atoms with van der Waals surface area (Å²) in [6, 6.07) is 2.10. The van der Waals surface area contributed by atoms with E-state index in [1.54, 1.807) is 11.3 Å². The maximum absolute atomic E-state index is 5.45. The van der Waals surface area contributed by atoms with E-state index >= 15 is 0 Å². The maximum atomic E-state index is 5.45. The van der Waals surface area contributed by atoms with E-state index in [2.05, 4.69) is 37.7 Å². The van der Waals surface area contributed by atoms with E-state index in [-0.39, 0.29) is 0 Å². The third kappa shape index (κ3) is 3.13. The third-order valence-corrected chi connectivity index (χ3v) is 3.74. The number of thiophene rings is 1.